The Labute approximate surface area is 190 Å². The number of urea groups is 1. The molecule has 1 aromatic carbocycles. The number of hydrogen-bond acceptors (Lipinski definition) is 6. The molecule has 0 saturated heterocycles. The van der Waals surface area contributed by atoms with Gasteiger partial charge in [-0.1, -0.05) is 30.4 Å². The minimum absolute atomic E-state index is 0.0124. The van der Waals surface area contributed by atoms with Crippen LogP contribution in [0.1, 0.15) is 53.6 Å². The van der Waals surface area contributed by atoms with Gasteiger partial charge in [-0.2, -0.15) is 0 Å². The number of ether oxygens (including phenoxy) is 1. The van der Waals surface area contributed by atoms with E-state index in [0.717, 1.165) is 47.3 Å². The van der Waals surface area contributed by atoms with Crippen molar-refractivity contribution >= 4 is 40.3 Å². The van der Waals surface area contributed by atoms with Gasteiger partial charge in [0.2, 0.25) is 0 Å². The molecule has 7 N–H and O–H groups in total. The van der Waals surface area contributed by atoms with Crippen LogP contribution in [-0.4, -0.2) is 30.1 Å². The van der Waals surface area contributed by atoms with Gasteiger partial charge in [-0.05, 0) is 61.8 Å². The number of benzene rings is 1. The van der Waals surface area contributed by atoms with Crippen LogP contribution in [0.25, 0.3) is 16.5 Å². The smallest absolute Gasteiger partial charge is 0.323 e. The summed E-state index contributed by atoms with van der Waals surface area (Å²) in [5, 5.41) is 2.76. The largest absolute Gasteiger partial charge is 0.461 e. The van der Waals surface area contributed by atoms with Crippen LogP contribution in [0.5, 0.6) is 0 Å². The fraction of sp³-hybridized carbons (Fsp3) is 0.348. The van der Waals surface area contributed by atoms with Crippen molar-refractivity contribution in [1.82, 2.24) is 0 Å². The van der Waals surface area contributed by atoms with Gasteiger partial charge in [0.25, 0.3) is 5.91 Å². The Kier molecular flexibility index (Phi) is 7.66. The average molecular weight is 457 g/mol. The number of primary amides is 2. The molecular formula is C23H28N4O4S. The van der Waals surface area contributed by atoms with Gasteiger partial charge in [-0.3, -0.25) is 14.9 Å². The van der Waals surface area contributed by atoms with Crippen LogP contribution in [0.4, 0.5) is 9.80 Å². The second-order valence-corrected chi connectivity index (χ2v) is 8.92. The highest BCUT2D eigenvalue weighted by Crippen LogP contribution is 2.36. The Morgan fingerprint density at radius 3 is 2.56 bits per heavy atom. The van der Waals surface area contributed by atoms with Crippen LogP contribution in [0.2, 0.25) is 0 Å². The number of aryl methyl sites for hydroxylation is 1. The van der Waals surface area contributed by atoms with Gasteiger partial charge in [0, 0.05) is 4.88 Å². The molecule has 1 atom stereocenters. The van der Waals surface area contributed by atoms with E-state index < -0.39 is 18.0 Å². The highest BCUT2D eigenvalue weighted by molar-refractivity contribution is 7.20. The number of nitrogens with one attached hydrogen (secondary N) is 1. The Hall–Kier alpha value is -3.17. The van der Waals surface area contributed by atoms with Crippen molar-refractivity contribution in [3.8, 4) is 10.4 Å². The zero-order chi connectivity index (χ0) is 23.3. The lowest BCUT2D eigenvalue weighted by molar-refractivity contribution is -0.150. The maximum absolute atomic E-state index is 12.1. The van der Waals surface area contributed by atoms with Gasteiger partial charge < -0.3 is 21.9 Å². The summed E-state index contributed by atoms with van der Waals surface area (Å²) in [6.45, 7) is 1.96. The van der Waals surface area contributed by atoms with Gasteiger partial charge >= 0.3 is 12.0 Å². The molecule has 1 saturated carbocycles. The second-order valence-electron chi connectivity index (χ2n) is 7.87. The summed E-state index contributed by atoms with van der Waals surface area (Å²) in [6.07, 6.45) is 8.23. The first-order valence-corrected chi connectivity index (χ1v) is 11.3. The van der Waals surface area contributed by atoms with Crippen LogP contribution in [-0.2, 0) is 9.53 Å². The molecule has 1 heterocycles. The van der Waals surface area contributed by atoms with Gasteiger partial charge in [0.15, 0.2) is 0 Å². The Bertz CT molecular complexity index is 1040. The molecule has 2 aromatic rings. The number of hydrogen-bond donors (Lipinski definition) is 4. The Morgan fingerprint density at radius 1 is 1.22 bits per heavy atom. The van der Waals surface area contributed by atoms with E-state index >= 15 is 0 Å². The molecule has 3 amide bonds. The third-order valence-corrected chi connectivity index (χ3v) is 6.46. The number of nitrogens with two attached hydrogens (primary N) is 3. The summed E-state index contributed by atoms with van der Waals surface area (Å²) < 4.78 is 5.45. The highest BCUT2D eigenvalue weighted by Gasteiger charge is 2.22. The molecule has 1 fully saturated rings. The van der Waals surface area contributed by atoms with Crippen molar-refractivity contribution in [3.05, 3.63) is 47.0 Å². The van der Waals surface area contributed by atoms with Crippen molar-refractivity contribution in [3.63, 3.8) is 0 Å². The molecule has 1 aromatic heterocycles. The zero-order valence-corrected chi connectivity index (χ0v) is 18.7. The van der Waals surface area contributed by atoms with E-state index in [0.29, 0.717) is 11.4 Å². The van der Waals surface area contributed by atoms with E-state index in [2.05, 4.69) is 5.32 Å². The van der Waals surface area contributed by atoms with Crippen LogP contribution < -0.4 is 22.5 Å². The van der Waals surface area contributed by atoms with Crippen LogP contribution in [0, 0.1) is 6.92 Å². The molecule has 9 heteroatoms. The first-order valence-electron chi connectivity index (χ1n) is 10.5. The lowest BCUT2D eigenvalue weighted by Crippen LogP contribution is -2.33. The number of carbonyl (C=O) groups excluding carboxylic acids is 3. The average Bonchev–Trinajstić information content (AvgIpc) is 3.38. The molecule has 1 aliphatic carbocycles. The normalized spacial score (nSPS) is 15.1. The molecule has 32 heavy (non-hydrogen) atoms. The monoisotopic (exact) mass is 456 g/mol. The summed E-state index contributed by atoms with van der Waals surface area (Å²) in [7, 11) is 0. The molecule has 0 unspecified atom stereocenters. The molecule has 0 spiro atoms. The second kappa shape index (κ2) is 10.4. The van der Waals surface area contributed by atoms with E-state index in [-0.39, 0.29) is 17.6 Å². The quantitative estimate of drug-likeness (QED) is 0.448. The lowest BCUT2D eigenvalue weighted by atomic mass is 10.0. The van der Waals surface area contributed by atoms with Crippen LogP contribution in [0.3, 0.4) is 0 Å². The van der Waals surface area contributed by atoms with Crippen molar-refractivity contribution in [2.75, 3.05) is 5.32 Å². The molecule has 0 bridgehead atoms. The first-order chi connectivity index (χ1) is 15.2. The van der Waals surface area contributed by atoms with E-state index in [1.807, 2.05) is 37.3 Å². The number of thiophene rings is 1. The molecule has 0 aliphatic heterocycles. The van der Waals surface area contributed by atoms with E-state index in [1.54, 1.807) is 6.07 Å². The third-order valence-electron chi connectivity index (χ3n) is 5.36. The Balaban J connectivity index is 1.66. The molecule has 170 valence electrons. The summed E-state index contributed by atoms with van der Waals surface area (Å²) in [4.78, 5) is 35.7. The van der Waals surface area contributed by atoms with Crippen LogP contribution in [0.15, 0.2) is 30.3 Å². The number of rotatable bonds is 8. The minimum Gasteiger partial charge on any atom is -0.461 e. The maximum atomic E-state index is 12.1. The zero-order valence-electron chi connectivity index (χ0n) is 17.9. The Morgan fingerprint density at radius 2 is 1.94 bits per heavy atom. The van der Waals surface area contributed by atoms with Gasteiger partial charge in [0.1, 0.15) is 17.1 Å². The van der Waals surface area contributed by atoms with Gasteiger partial charge in [-0.15, -0.1) is 11.3 Å². The molecular weight excluding hydrogens is 428 g/mol. The van der Waals surface area contributed by atoms with Crippen molar-refractivity contribution in [2.45, 2.75) is 51.2 Å². The van der Waals surface area contributed by atoms with Crippen LogP contribution >= 0.6 is 11.3 Å². The van der Waals surface area contributed by atoms with Crippen molar-refractivity contribution < 1.29 is 19.1 Å². The topological polar surface area (TPSA) is 151 Å². The summed E-state index contributed by atoms with van der Waals surface area (Å²) in [5.41, 5.74) is 19.6. The van der Waals surface area contributed by atoms with E-state index in [9.17, 15) is 14.4 Å². The molecule has 8 nitrogen and oxygen atoms in total. The number of esters is 1. The van der Waals surface area contributed by atoms with Crippen molar-refractivity contribution in [1.29, 1.82) is 0 Å². The summed E-state index contributed by atoms with van der Waals surface area (Å²) in [6, 6.07) is 6.01. The van der Waals surface area contributed by atoms with E-state index in [1.165, 1.54) is 11.3 Å². The predicted molar refractivity (Wildman–Crippen MR) is 126 cm³/mol. The number of anilines is 1. The van der Waals surface area contributed by atoms with Gasteiger partial charge in [-0.25, -0.2) is 4.79 Å². The SMILES string of the molecule is Cc1cc(-c2cc(C(N)=O)c(NC(N)=O)s2)ccc1/C=C/C[C@H](N)C(=O)OC1CCCC1. The fourth-order valence-corrected chi connectivity index (χ4v) is 4.70. The maximum Gasteiger partial charge on any atom is 0.323 e. The molecule has 0 radical (unpaired) electrons. The highest BCUT2D eigenvalue weighted by atomic mass is 32.1. The summed E-state index contributed by atoms with van der Waals surface area (Å²) in [5.74, 6) is -0.993. The molecule has 3 rings (SSSR count). The summed E-state index contributed by atoms with van der Waals surface area (Å²) >= 11 is 1.22. The van der Waals surface area contributed by atoms with E-state index in [4.69, 9.17) is 21.9 Å². The lowest BCUT2D eigenvalue weighted by Gasteiger charge is -2.14. The number of carbonyl (C=O) groups is 3. The first kappa shape index (κ1) is 23.5. The van der Waals surface area contributed by atoms with Gasteiger partial charge in [0.05, 0.1) is 5.56 Å². The third kappa shape index (κ3) is 5.95. The standard InChI is InChI=1S/C23H28N4O4S/c1-13-11-15(19-12-17(20(25)28)21(32-19)27-23(26)30)10-9-14(13)5-4-8-18(24)22(29)31-16-6-2-3-7-16/h4-5,9-12,16,18H,2-3,6-8,24H2,1H3,(H2,25,28)(H3,26,27,30)/b5-4+/t18-/m0/s1. The number of amides is 3. The van der Waals surface area contributed by atoms with Crippen molar-refractivity contribution in [2.24, 2.45) is 17.2 Å². The molecule has 1 aliphatic rings. The minimum atomic E-state index is -0.761. The predicted octanol–water partition coefficient (Wildman–Crippen LogP) is 3.53. The fourth-order valence-electron chi connectivity index (χ4n) is 3.63.